The Kier molecular flexibility index (Phi) is 6.36. The van der Waals surface area contributed by atoms with Crippen LogP contribution in [-0.4, -0.2) is 26.2 Å². The number of fused-ring (bicyclic) bond motifs is 1. The number of halogens is 2. The summed E-state index contributed by atoms with van der Waals surface area (Å²) in [5, 5.41) is 3.79. The van der Waals surface area contributed by atoms with Gasteiger partial charge in [-0.3, -0.25) is 4.79 Å². The minimum atomic E-state index is -2.93. The zero-order valence-corrected chi connectivity index (χ0v) is 16.6. The van der Waals surface area contributed by atoms with Gasteiger partial charge < -0.3 is 19.2 Å². The topological polar surface area (TPSA) is 60.7 Å². The molecule has 0 unspecified atom stereocenters. The van der Waals surface area contributed by atoms with Gasteiger partial charge in [-0.25, -0.2) is 0 Å². The summed E-state index contributed by atoms with van der Waals surface area (Å²) in [7, 11) is 1.38. The molecule has 1 amide bonds. The predicted octanol–water partition coefficient (Wildman–Crippen LogP) is 4.56. The molecule has 3 rings (SSSR count). The van der Waals surface area contributed by atoms with Crippen molar-refractivity contribution in [2.45, 2.75) is 33.3 Å². The molecule has 3 aromatic rings. The molecule has 0 atom stereocenters. The number of furan rings is 1. The third kappa shape index (κ3) is 4.85. The normalized spacial score (nSPS) is 11.1. The Morgan fingerprint density at radius 3 is 2.69 bits per heavy atom. The first kappa shape index (κ1) is 20.6. The second-order valence-corrected chi connectivity index (χ2v) is 6.79. The van der Waals surface area contributed by atoms with Crippen molar-refractivity contribution in [3.63, 3.8) is 0 Å². The molecule has 29 heavy (non-hydrogen) atoms. The Bertz CT molecular complexity index is 1010. The standard InChI is InChI=1S/C22H23F2NO4/c1-13-4-6-17-16(12-28-21(17)14(13)2)11-20(26)25-9-8-15-5-7-18(27-3)19(10-15)29-22(23)24/h4-7,10,12,22H,8-9,11H2,1-3H3,(H,25,26). The fraction of sp³-hybridized carbons (Fsp3) is 0.318. The van der Waals surface area contributed by atoms with Crippen LogP contribution in [0.2, 0.25) is 0 Å². The predicted molar refractivity (Wildman–Crippen MR) is 106 cm³/mol. The van der Waals surface area contributed by atoms with E-state index in [0.29, 0.717) is 13.0 Å². The molecule has 0 radical (unpaired) electrons. The van der Waals surface area contributed by atoms with Crippen LogP contribution < -0.4 is 14.8 Å². The van der Waals surface area contributed by atoms with E-state index < -0.39 is 6.61 Å². The molecule has 0 aliphatic rings. The largest absolute Gasteiger partial charge is 0.493 e. The summed E-state index contributed by atoms with van der Waals surface area (Å²) >= 11 is 0. The van der Waals surface area contributed by atoms with Crippen LogP contribution in [0, 0.1) is 13.8 Å². The van der Waals surface area contributed by atoms with E-state index in [9.17, 15) is 13.6 Å². The molecule has 0 spiro atoms. The third-order valence-electron chi connectivity index (χ3n) is 4.87. The highest BCUT2D eigenvalue weighted by Crippen LogP contribution is 2.30. The van der Waals surface area contributed by atoms with E-state index in [1.54, 1.807) is 18.4 Å². The molecule has 2 aromatic carbocycles. The van der Waals surface area contributed by atoms with Crippen LogP contribution in [0.15, 0.2) is 41.0 Å². The summed E-state index contributed by atoms with van der Waals surface area (Å²) in [5.74, 6) is 0.0702. The highest BCUT2D eigenvalue weighted by Gasteiger charge is 2.14. The first-order valence-corrected chi connectivity index (χ1v) is 9.23. The number of hydrogen-bond acceptors (Lipinski definition) is 4. The van der Waals surface area contributed by atoms with Crippen LogP contribution in [0.3, 0.4) is 0 Å². The monoisotopic (exact) mass is 403 g/mol. The summed E-state index contributed by atoms with van der Waals surface area (Å²) < 4.78 is 40.2. The van der Waals surface area contributed by atoms with Gasteiger partial charge in [0.25, 0.3) is 0 Å². The quantitative estimate of drug-likeness (QED) is 0.599. The minimum Gasteiger partial charge on any atom is -0.493 e. The van der Waals surface area contributed by atoms with E-state index in [1.807, 2.05) is 26.0 Å². The van der Waals surface area contributed by atoms with Crippen molar-refractivity contribution in [2.24, 2.45) is 0 Å². The van der Waals surface area contributed by atoms with E-state index in [2.05, 4.69) is 10.1 Å². The zero-order valence-electron chi connectivity index (χ0n) is 16.6. The van der Waals surface area contributed by atoms with Gasteiger partial charge >= 0.3 is 6.61 Å². The van der Waals surface area contributed by atoms with Gasteiger partial charge in [0.05, 0.1) is 19.8 Å². The molecule has 0 saturated carbocycles. The van der Waals surface area contributed by atoms with Crippen molar-refractivity contribution in [1.29, 1.82) is 0 Å². The van der Waals surface area contributed by atoms with Crippen LogP contribution in [0.25, 0.3) is 11.0 Å². The van der Waals surface area contributed by atoms with E-state index in [1.165, 1.54) is 13.2 Å². The Morgan fingerprint density at radius 2 is 1.97 bits per heavy atom. The summed E-state index contributed by atoms with van der Waals surface area (Å²) in [6, 6.07) is 8.78. The highest BCUT2D eigenvalue weighted by molar-refractivity contribution is 5.89. The van der Waals surface area contributed by atoms with E-state index >= 15 is 0 Å². The molecule has 7 heteroatoms. The lowest BCUT2D eigenvalue weighted by Gasteiger charge is -2.12. The molecule has 1 aromatic heterocycles. The number of aryl methyl sites for hydroxylation is 2. The van der Waals surface area contributed by atoms with Crippen molar-refractivity contribution in [3.05, 3.63) is 58.8 Å². The maximum atomic E-state index is 12.5. The summed E-state index contributed by atoms with van der Waals surface area (Å²) in [6.07, 6.45) is 2.30. The van der Waals surface area contributed by atoms with Crippen LogP contribution in [0.5, 0.6) is 11.5 Å². The maximum Gasteiger partial charge on any atom is 0.387 e. The number of methoxy groups -OCH3 is 1. The van der Waals surface area contributed by atoms with E-state index in [0.717, 1.165) is 33.2 Å². The van der Waals surface area contributed by atoms with Crippen molar-refractivity contribution in [3.8, 4) is 11.5 Å². The lowest BCUT2D eigenvalue weighted by molar-refractivity contribution is -0.120. The number of benzene rings is 2. The number of amides is 1. The highest BCUT2D eigenvalue weighted by atomic mass is 19.3. The molecule has 0 saturated heterocycles. The number of alkyl halides is 2. The lowest BCUT2D eigenvalue weighted by atomic mass is 10.0. The Hall–Kier alpha value is -3.09. The molecule has 1 N–H and O–H groups in total. The number of ether oxygens (including phenoxy) is 2. The lowest BCUT2D eigenvalue weighted by Crippen LogP contribution is -2.27. The summed E-state index contributed by atoms with van der Waals surface area (Å²) in [6.45, 7) is 1.44. The van der Waals surface area contributed by atoms with Gasteiger partial charge in [-0.15, -0.1) is 0 Å². The average Bonchev–Trinajstić information content (AvgIpc) is 3.08. The van der Waals surface area contributed by atoms with Crippen molar-refractivity contribution < 1.29 is 27.5 Å². The average molecular weight is 403 g/mol. The number of rotatable bonds is 8. The van der Waals surface area contributed by atoms with Crippen molar-refractivity contribution in [1.82, 2.24) is 5.32 Å². The van der Waals surface area contributed by atoms with E-state index in [4.69, 9.17) is 9.15 Å². The van der Waals surface area contributed by atoms with Gasteiger partial charge in [-0.1, -0.05) is 18.2 Å². The molecular weight excluding hydrogens is 380 g/mol. The Morgan fingerprint density at radius 1 is 1.17 bits per heavy atom. The number of hydrogen-bond donors (Lipinski definition) is 1. The smallest absolute Gasteiger partial charge is 0.387 e. The molecule has 0 bridgehead atoms. The van der Waals surface area contributed by atoms with Crippen LogP contribution >= 0.6 is 0 Å². The molecular formula is C22H23F2NO4. The second kappa shape index (κ2) is 8.94. The summed E-state index contributed by atoms with van der Waals surface area (Å²) in [5.41, 5.74) is 4.59. The van der Waals surface area contributed by atoms with Crippen LogP contribution in [0.4, 0.5) is 8.78 Å². The second-order valence-electron chi connectivity index (χ2n) is 6.79. The van der Waals surface area contributed by atoms with Gasteiger partial charge in [-0.2, -0.15) is 8.78 Å². The fourth-order valence-corrected chi connectivity index (χ4v) is 3.17. The van der Waals surface area contributed by atoms with E-state index in [-0.39, 0.29) is 23.8 Å². The van der Waals surface area contributed by atoms with Gasteiger partial charge in [0.2, 0.25) is 5.91 Å². The Balaban J connectivity index is 1.58. The number of carbonyl (C=O) groups excluding carboxylic acids is 1. The van der Waals surface area contributed by atoms with Gasteiger partial charge in [0, 0.05) is 17.5 Å². The molecule has 0 aliphatic heterocycles. The third-order valence-corrected chi connectivity index (χ3v) is 4.87. The molecule has 154 valence electrons. The summed E-state index contributed by atoms with van der Waals surface area (Å²) in [4.78, 5) is 12.3. The molecule has 0 aliphatic carbocycles. The minimum absolute atomic E-state index is 0.0261. The number of nitrogens with one attached hydrogen (secondary N) is 1. The maximum absolute atomic E-state index is 12.5. The van der Waals surface area contributed by atoms with Crippen LogP contribution in [0.1, 0.15) is 22.3 Å². The first-order chi connectivity index (χ1) is 13.9. The van der Waals surface area contributed by atoms with Crippen molar-refractivity contribution >= 4 is 16.9 Å². The fourth-order valence-electron chi connectivity index (χ4n) is 3.17. The molecule has 1 heterocycles. The molecule has 5 nitrogen and oxygen atoms in total. The zero-order chi connectivity index (χ0) is 21.0. The van der Waals surface area contributed by atoms with Crippen molar-refractivity contribution in [2.75, 3.05) is 13.7 Å². The first-order valence-electron chi connectivity index (χ1n) is 9.23. The van der Waals surface area contributed by atoms with Crippen LogP contribution in [-0.2, 0) is 17.6 Å². The van der Waals surface area contributed by atoms with Gasteiger partial charge in [0.1, 0.15) is 5.58 Å². The number of carbonyl (C=O) groups is 1. The van der Waals surface area contributed by atoms with Gasteiger partial charge in [-0.05, 0) is 49.1 Å². The molecule has 0 fully saturated rings. The van der Waals surface area contributed by atoms with Gasteiger partial charge in [0.15, 0.2) is 11.5 Å². The Labute approximate surface area is 167 Å². The SMILES string of the molecule is COc1ccc(CCNC(=O)Cc2coc3c(C)c(C)ccc23)cc1OC(F)F.